The average molecular weight is 402 g/mol. The first-order valence-electron chi connectivity index (χ1n) is 8.46. The Bertz CT molecular complexity index is 830. The molecule has 27 heavy (non-hydrogen) atoms. The second-order valence-electron chi connectivity index (χ2n) is 5.73. The zero-order valence-corrected chi connectivity index (χ0v) is 15.9. The fraction of sp³-hybridized carbons (Fsp3) is 0.471. The van der Waals surface area contributed by atoms with Crippen molar-refractivity contribution in [1.29, 1.82) is 0 Å². The minimum absolute atomic E-state index is 0.252. The lowest BCUT2D eigenvalue weighted by atomic mass is 10.2. The van der Waals surface area contributed by atoms with E-state index in [1.54, 1.807) is 18.2 Å². The smallest absolute Gasteiger partial charge is 0.453 e. The Kier molecular flexibility index (Phi) is 7.40. The van der Waals surface area contributed by atoms with Crippen molar-refractivity contribution < 1.29 is 22.6 Å². The minimum Gasteiger partial charge on any atom is -0.493 e. The van der Waals surface area contributed by atoms with Gasteiger partial charge in [-0.2, -0.15) is 22.9 Å². The molecule has 0 unspecified atom stereocenters. The Hall–Kier alpha value is -2.36. The Morgan fingerprint density at radius 2 is 2.04 bits per heavy atom. The number of benzene rings is 1. The van der Waals surface area contributed by atoms with Gasteiger partial charge < -0.3 is 9.47 Å². The predicted molar refractivity (Wildman–Crippen MR) is 98.0 cm³/mol. The molecule has 6 nitrogen and oxygen atoms in total. The number of unbranched alkanes of at least 4 members (excludes halogenated alkanes) is 3. The van der Waals surface area contributed by atoms with Crippen LogP contribution in [0.1, 0.15) is 44.0 Å². The zero-order chi connectivity index (χ0) is 19.9. The van der Waals surface area contributed by atoms with Crippen molar-refractivity contribution in [2.75, 3.05) is 13.7 Å². The van der Waals surface area contributed by atoms with Gasteiger partial charge in [0.05, 0.1) is 19.9 Å². The fourth-order valence-electron chi connectivity index (χ4n) is 2.30. The lowest BCUT2D eigenvalue weighted by molar-refractivity contribution is -0.147. The van der Waals surface area contributed by atoms with Crippen molar-refractivity contribution in [2.45, 2.75) is 38.8 Å². The summed E-state index contributed by atoms with van der Waals surface area (Å²) in [6, 6.07) is 4.99. The van der Waals surface area contributed by atoms with E-state index >= 15 is 0 Å². The van der Waals surface area contributed by atoms with E-state index in [0.717, 1.165) is 25.7 Å². The summed E-state index contributed by atoms with van der Waals surface area (Å²) < 4.78 is 50.0. The summed E-state index contributed by atoms with van der Waals surface area (Å²) in [5.74, 6) is -0.175. The number of ether oxygens (including phenoxy) is 2. The fourth-order valence-corrected chi connectivity index (χ4v) is 2.48. The Balaban J connectivity index is 2.13. The zero-order valence-electron chi connectivity index (χ0n) is 15.0. The van der Waals surface area contributed by atoms with Crippen molar-refractivity contribution in [3.63, 3.8) is 0 Å². The molecule has 0 spiro atoms. The summed E-state index contributed by atoms with van der Waals surface area (Å²) in [6.45, 7) is 2.71. The van der Waals surface area contributed by atoms with Crippen LogP contribution in [-0.4, -0.2) is 34.8 Å². The van der Waals surface area contributed by atoms with Gasteiger partial charge in [0.15, 0.2) is 11.5 Å². The highest BCUT2D eigenvalue weighted by molar-refractivity contribution is 7.71. The number of H-pyrrole nitrogens is 1. The average Bonchev–Trinajstić information content (AvgIpc) is 3.01. The second kappa shape index (κ2) is 9.54. The van der Waals surface area contributed by atoms with E-state index in [-0.39, 0.29) is 4.77 Å². The molecule has 0 bridgehead atoms. The molecule has 1 aromatic heterocycles. The van der Waals surface area contributed by atoms with Crippen LogP contribution in [0.3, 0.4) is 0 Å². The number of nitrogens with one attached hydrogen (secondary N) is 1. The topological polar surface area (TPSA) is 64.4 Å². The number of nitrogens with zero attached hydrogens (tertiary/aromatic N) is 3. The van der Waals surface area contributed by atoms with Crippen LogP contribution in [-0.2, 0) is 6.18 Å². The molecule has 0 saturated carbocycles. The quantitative estimate of drug-likeness (QED) is 0.371. The third kappa shape index (κ3) is 5.81. The molecule has 10 heteroatoms. The molecule has 0 fully saturated rings. The SMILES string of the molecule is CCCCCCOc1ccc(/C=N\n2c(C(F)(F)F)n[nH]c2=S)cc1OC. The van der Waals surface area contributed by atoms with Crippen molar-refractivity contribution in [2.24, 2.45) is 5.10 Å². The molecular formula is C17H21F3N4O2S. The number of hydrogen-bond donors (Lipinski definition) is 1. The Labute approximate surface area is 160 Å². The minimum atomic E-state index is -4.67. The number of aromatic amines is 1. The highest BCUT2D eigenvalue weighted by Crippen LogP contribution is 2.29. The van der Waals surface area contributed by atoms with E-state index in [0.29, 0.717) is 28.3 Å². The molecule has 0 saturated heterocycles. The highest BCUT2D eigenvalue weighted by Gasteiger charge is 2.37. The summed E-state index contributed by atoms with van der Waals surface area (Å²) >= 11 is 4.79. The van der Waals surface area contributed by atoms with Crippen LogP contribution < -0.4 is 9.47 Å². The number of rotatable bonds is 9. The lowest BCUT2D eigenvalue weighted by Crippen LogP contribution is -2.12. The number of alkyl halides is 3. The standard InChI is InChI=1S/C17H21F3N4O2S/c1-3-4-5-6-9-26-13-8-7-12(10-14(13)25-2)11-21-24-15(17(18,19)20)22-23-16(24)27/h7-8,10-11H,3-6,9H2,1-2H3,(H,23,27)/b21-11-. The first-order valence-corrected chi connectivity index (χ1v) is 8.87. The van der Waals surface area contributed by atoms with E-state index in [9.17, 15) is 13.2 Å². The maximum absolute atomic E-state index is 12.9. The van der Waals surface area contributed by atoms with Crippen LogP contribution in [0.4, 0.5) is 13.2 Å². The maximum atomic E-state index is 12.9. The number of methoxy groups -OCH3 is 1. The molecule has 2 rings (SSSR count). The third-order valence-electron chi connectivity index (χ3n) is 3.67. The van der Waals surface area contributed by atoms with Crippen molar-refractivity contribution in [3.8, 4) is 11.5 Å². The summed E-state index contributed by atoms with van der Waals surface area (Å²) in [4.78, 5) is 0. The van der Waals surface area contributed by atoms with Gasteiger partial charge in [-0.25, -0.2) is 5.10 Å². The van der Waals surface area contributed by atoms with Gasteiger partial charge in [-0.05, 0) is 42.4 Å². The van der Waals surface area contributed by atoms with Crippen LogP contribution >= 0.6 is 12.2 Å². The highest BCUT2D eigenvalue weighted by atomic mass is 32.1. The van der Waals surface area contributed by atoms with Crippen LogP contribution in [0.15, 0.2) is 23.3 Å². The van der Waals surface area contributed by atoms with Gasteiger partial charge in [0, 0.05) is 0 Å². The molecule has 0 aliphatic rings. The normalized spacial score (nSPS) is 11.9. The molecule has 0 radical (unpaired) electrons. The summed E-state index contributed by atoms with van der Waals surface area (Å²) in [6.07, 6.45) is 0.919. The molecule has 0 atom stereocenters. The third-order valence-corrected chi connectivity index (χ3v) is 3.93. The van der Waals surface area contributed by atoms with Crippen molar-refractivity contribution in [1.82, 2.24) is 14.9 Å². The first kappa shape index (κ1) is 20.9. The van der Waals surface area contributed by atoms with E-state index in [4.69, 9.17) is 21.7 Å². The molecular weight excluding hydrogens is 381 g/mol. The second-order valence-corrected chi connectivity index (χ2v) is 6.11. The molecule has 2 aromatic rings. The van der Waals surface area contributed by atoms with Crippen LogP contribution in [0, 0.1) is 4.77 Å². The molecule has 148 valence electrons. The number of halogens is 3. The summed E-state index contributed by atoms with van der Waals surface area (Å²) in [7, 11) is 1.49. The van der Waals surface area contributed by atoms with Gasteiger partial charge in [0.25, 0.3) is 5.82 Å². The van der Waals surface area contributed by atoms with Gasteiger partial charge in [-0.15, -0.1) is 5.10 Å². The number of hydrogen-bond acceptors (Lipinski definition) is 5. The molecule has 1 heterocycles. The number of aromatic nitrogens is 3. The summed E-state index contributed by atoms with van der Waals surface area (Å²) in [5, 5.41) is 9.03. The van der Waals surface area contributed by atoms with Gasteiger partial charge in [0.2, 0.25) is 4.77 Å². The van der Waals surface area contributed by atoms with E-state index < -0.39 is 12.0 Å². The van der Waals surface area contributed by atoms with E-state index in [1.807, 2.05) is 0 Å². The summed E-state index contributed by atoms with van der Waals surface area (Å²) in [5.41, 5.74) is 0.529. The predicted octanol–water partition coefficient (Wildman–Crippen LogP) is 4.81. The molecule has 1 N–H and O–H groups in total. The largest absolute Gasteiger partial charge is 0.493 e. The van der Waals surface area contributed by atoms with Crippen LogP contribution in [0.5, 0.6) is 11.5 Å². The molecule has 1 aromatic carbocycles. The van der Waals surface area contributed by atoms with Crippen molar-refractivity contribution in [3.05, 3.63) is 34.4 Å². The molecule has 0 aliphatic carbocycles. The van der Waals surface area contributed by atoms with Gasteiger partial charge in [-0.1, -0.05) is 26.2 Å². The van der Waals surface area contributed by atoms with E-state index in [1.165, 1.54) is 13.3 Å². The lowest BCUT2D eigenvalue weighted by Gasteiger charge is -2.11. The van der Waals surface area contributed by atoms with Gasteiger partial charge in [-0.3, -0.25) is 0 Å². The Morgan fingerprint density at radius 3 is 2.70 bits per heavy atom. The first-order chi connectivity index (χ1) is 12.9. The van der Waals surface area contributed by atoms with Crippen molar-refractivity contribution >= 4 is 18.4 Å². The maximum Gasteiger partial charge on any atom is 0.453 e. The van der Waals surface area contributed by atoms with Crippen LogP contribution in [0.2, 0.25) is 0 Å². The van der Waals surface area contributed by atoms with Gasteiger partial charge in [0.1, 0.15) is 0 Å². The molecule has 0 amide bonds. The van der Waals surface area contributed by atoms with Gasteiger partial charge >= 0.3 is 6.18 Å². The van der Waals surface area contributed by atoms with E-state index in [2.05, 4.69) is 22.2 Å². The molecule has 0 aliphatic heterocycles. The Morgan fingerprint density at radius 1 is 1.26 bits per heavy atom. The van der Waals surface area contributed by atoms with Crippen LogP contribution in [0.25, 0.3) is 0 Å². The monoisotopic (exact) mass is 402 g/mol.